The minimum Gasteiger partial charge on any atom is -0.497 e. The van der Waals surface area contributed by atoms with Gasteiger partial charge in [0.15, 0.2) is 0 Å². The van der Waals surface area contributed by atoms with Crippen LogP contribution in [0.5, 0.6) is 5.75 Å². The zero-order chi connectivity index (χ0) is 22.9. The number of urea groups is 1. The molecule has 10 heteroatoms. The maximum Gasteiger partial charge on any atom is 0.326 e. The SMILES string of the molecule is CC[C@@]1(C(=O)OC)N[C@H](CN(C)C(=O)Nc2ccc(OC)cc2)[C@@H]2C(=O)N(C)C(=O)[C@@H]21. The van der Waals surface area contributed by atoms with Crippen molar-refractivity contribution in [1.29, 1.82) is 0 Å². The van der Waals surface area contributed by atoms with Crippen molar-refractivity contribution in [2.24, 2.45) is 11.8 Å². The van der Waals surface area contributed by atoms with Gasteiger partial charge in [0.25, 0.3) is 0 Å². The molecule has 4 atom stereocenters. The van der Waals surface area contributed by atoms with Gasteiger partial charge in [-0.05, 0) is 30.7 Å². The number of nitrogens with one attached hydrogen (secondary N) is 2. The summed E-state index contributed by atoms with van der Waals surface area (Å²) >= 11 is 0. The van der Waals surface area contributed by atoms with Gasteiger partial charge in [0.2, 0.25) is 11.8 Å². The van der Waals surface area contributed by atoms with Crippen molar-refractivity contribution in [3.05, 3.63) is 24.3 Å². The predicted octanol–water partition coefficient (Wildman–Crippen LogP) is 0.683. The molecular weight excluding hydrogens is 404 g/mol. The van der Waals surface area contributed by atoms with E-state index in [1.807, 2.05) is 0 Å². The molecule has 2 aliphatic heterocycles. The average Bonchev–Trinajstić information content (AvgIpc) is 3.22. The summed E-state index contributed by atoms with van der Waals surface area (Å²) in [7, 11) is 5.81. The Balaban J connectivity index is 1.79. The number of carbonyl (C=O) groups is 4. The van der Waals surface area contributed by atoms with Crippen molar-refractivity contribution in [3.63, 3.8) is 0 Å². The molecule has 2 aliphatic rings. The number of ether oxygens (including phenoxy) is 2. The summed E-state index contributed by atoms with van der Waals surface area (Å²) in [5.74, 6) is -2.33. The maximum absolute atomic E-state index is 12.8. The number of likely N-dealkylation sites (N-methyl/N-ethyl adjacent to an activating group) is 1. The molecule has 31 heavy (non-hydrogen) atoms. The minimum absolute atomic E-state index is 0.120. The van der Waals surface area contributed by atoms with Gasteiger partial charge < -0.3 is 19.7 Å². The smallest absolute Gasteiger partial charge is 0.326 e. The lowest BCUT2D eigenvalue weighted by atomic mass is 9.78. The van der Waals surface area contributed by atoms with Crippen molar-refractivity contribution in [1.82, 2.24) is 15.1 Å². The summed E-state index contributed by atoms with van der Waals surface area (Å²) in [5, 5.41) is 5.95. The monoisotopic (exact) mass is 432 g/mol. The normalized spacial score (nSPS) is 27.1. The Morgan fingerprint density at radius 1 is 1.19 bits per heavy atom. The zero-order valence-corrected chi connectivity index (χ0v) is 18.3. The molecule has 10 nitrogen and oxygen atoms in total. The molecular formula is C21H28N4O6. The lowest BCUT2D eigenvalue weighted by molar-refractivity contribution is -0.154. The lowest BCUT2D eigenvalue weighted by Gasteiger charge is -2.31. The van der Waals surface area contributed by atoms with Gasteiger partial charge in [0.05, 0.1) is 26.1 Å². The molecule has 3 rings (SSSR count). The molecule has 2 heterocycles. The molecule has 168 valence electrons. The fourth-order valence-corrected chi connectivity index (χ4v) is 4.53. The highest BCUT2D eigenvalue weighted by Gasteiger charge is 2.67. The fraction of sp³-hybridized carbons (Fsp3) is 0.524. The van der Waals surface area contributed by atoms with Crippen LogP contribution in [0.25, 0.3) is 0 Å². The number of methoxy groups -OCH3 is 2. The van der Waals surface area contributed by atoms with Crippen molar-refractivity contribution in [3.8, 4) is 5.75 Å². The number of nitrogens with zero attached hydrogens (tertiary/aromatic N) is 2. The number of hydrogen-bond donors (Lipinski definition) is 2. The number of amides is 4. The molecule has 2 N–H and O–H groups in total. The number of imide groups is 1. The molecule has 0 saturated carbocycles. The van der Waals surface area contributed by atoms with E-state index in [1.165, 1.54) is 19.1 Å². The van der Waals surface area contributed by atoms with Gasteiger partial charge in [-0.2, -0.15) is 0 Å². The number of carbonyl (C=O) groups excluding carboxylic acids is 4. The molecule has 2 saturated heterocycles. The third kappa shape index (κ3) is 3.71. The third-order valence-corrected chi connectivity index (χ3v) is 6.24. The number of benzene rings is 1. The van der Waals surface area contributed by atoms with Crippen LogP contribution in [0.1, 0.15) is 13.3 Å². The first-order chi connectivity index (χ1) is 14.7. The van der Waals surface area contributed by atoms with Crippen molar-refractivity contribution < 1.29 is 28.7 Å². The quantitative estimate of drug-likeness (QED) is 0.502. The van der Waals surface area contributed by atoms with E-state index in [1.54, 1.807) is 45.3 Å². The van der Waals surface area contributed by atoms with E-state index >= 15 is 0 Å². The van der Waals surface area contributed by atoms with Gasteiger partial charge >= 0.3 is 12.0 Å². The van der Waals surface area contributed by atoms with Gasteiger partial charge in [-0.3, -0.25) is 24.6 Å². The van der Waals surface area contributed by atoms with Gasteiger partial charge in [-0.1, -0.05) is 6.92 Å². The van der Waals surface area contributed by atoms with Crippen LogP contribution in [0.3, 0.4) is 0 Å². The van der Waals surface area contributed by atoms with Crippen molar-refractivity contribution >= 4 is 29.5 Å². The summed E-state index contributed by atoms with van der Waals surface area (Å²) in [6, 6.07) is 5.90. The zero-order valence-electron chi connectivity index (χ0n) is 18.3. The highest BCUT2D eigenvalue weighted by atomic mass is 16.5. The number of anilines is 1. The van der Waals surface area contributed by atoms with Crippen LogP contribution in [0.2, 0.25) is 0 Å². The average molecular weight is 432 g/mol. The second-order valence-electron chi connectivity index (χ2n) is 7.85. The van der Waals surface area contributed by atoms with Crippen LogP contribution in [-0.2, 0) is 19.1 Å². The number of fused-ring (bicyclic) bond motifs is 1. The Kier molecular flexibility index (Phi) is 6.21. The van der Waals surface area contributed by atoms with Crippen LogP contribution >= 0.6 is 0 Å². The molecule has 0 unspecified atom stereocenters. The standard InChI is InChI=1S/C21H28N4O6/c1-6-21(19(28)31-5)16-15(17(26)25(3)18(16)27)14(23-21)11-24(2)20(29)22-12-7-9-13(30-4)10-8-12/h7-10,14-16,23H,6,11H2,1-5H3,(H,22,29)/t14-,15+,16-,21-/m1/s1. The summed E-state index contributed by atoms with van der Waals surface area (Å²) < 4.78 is 10.1. The lowest BCUT2D eigenvalue weighted by Crippen LogP contribution is -2.58. The molecule has 0 spiro atoms. The molecule has 1 aromatic carbocycles. The van der Waals surface area contributed by atoms with Crippen LogP contribution < -0.4 is 15.4 Å². The first-order valence-electron chi connectivity index (χ1n) is 10.0. The Morgan fingerprint density at radius 3 is 2.39 bits per heavy atom. The second kappa shape index (κ2) is 8.54. The van der Waals surface area contributed by atoms with E-state index in [2.05, 4.69) is 10.6 Å². The third-order valence-electron chi connectivity index (χ3n) is 6.24. The first kappa shape index (κ1) is 22.5. The number of likely N-dealkylation sites (tertiary alicyclic amines) is 1. The van der Waals surface area contributed by atoms with Gasteiger partial charge in [-0.25, -0.2) is 4.79 Å². The van der Waals surface area contributed by atoms with Crippen LogP contribution in [0, 0.1) is 11.8 Å². The molecule has 0 bridgehead atoms. The van der Waals surface area contributed by atoms with Crippen LogP contribution in [0.4, 0.5) is 10.5 Å². The largest absolute Gasteiger partial charge is 0.497 e. The molecule has 4 amide bonds. The van der Waals surface area contributed by atoms with Crippen LogP contribution in [0.15, 0.2) is 24.3 Å². The summed E-state index contributed by atoms with van der Waals surface area (Å²) in [5.41, 5.74) is -0.728. The maximum atomic E-state index is 12.8. The number of hydrogen-bond acceptors (Lipinski definition) is 7. The van der Waals surface area contributed by atoms with Crippen molar-refractivity contribution in [2.45, 2.75) is 24.9 Å². The Labute approximate surface area is 180 Å². The highest BCUT2D eigenvalue weighted by molar-refractivity contribution is 6.09. The van der Waals surface area contributed by atoms with E-state index < -0.39 is 35.3 Å². The minimum atomic E-state index is -1.31. The first-order valence-corrected chi connectivity index (χ1v) is 10.0. The molecule has 0 aromatic heterocycles. The fourth-order valence-electron chi connectivity index (χ4n) is 4.53. The van der Waals surface area contributed by atoms with Gasteiger partial charge in [0, 0.05) is 32.4 Å². The van der Waals surface area contributed by atoms with E-state index in [4.69, 9.17) is 9.47 Å². The van der Waals surface area contributed by atoms with Gasteiger partial charge in [-0.15, -0.1) is 0 Å². The molecule has 0 radical (unpaired) electrons. The summed E-state index contributed by atoms with van der Waals surface area (Å²) in [6.45, 7) is 1.88. The number of rotatable bonds is 6. The predicted molar refractivity (Wildman–Crippen MR) is 111 cm³/mol. The van der Waals surface area contributed by atoms with Crippen molar-refractivity contribution in [2.75, 3.05) is 40.2 Å². The van der Waals surface area contributed by atoms with E-state index in [9.17, 15) is 19.2 Å². The van der Waals surface area contributed by atoms with E-state index in [0.717, 1.165) is 4.90 Å². The number of esters is 1. The Hall–Kier alpha value is -3.14. The Bertz CT molecular complexity index is 888. The Morgan fingerprint density at radius 2 is 1.84 bits per heavy atom. The molecule has 0 aliphatic carbocycles. The van der Waals surface area contributed by atoms with Gasteiger partial charge in [0.1, 0.15) is 11.3 Å². The molecule has 2 fully saturated rings. The topological polar surface area (TPSA) is 117 Å². The highest BCUT2D eigenvalue weighted by Crippen LogP contribution is 2.44. The van der Waals surface area contributed by atoms with Crippen LogP contribution in [-0.4, -0.2) is 80.1 Å². The molecule has 1 aromatic rings. The van der Waals surface area contributed by atoms with E-state index in [-0.39, 0.29) is 24.9 Å². The second-order valence-corrected chi connectivity index (χ2v) is 7.85. The van der Waals surface area contributed by atoms with E-state index in [0.29, 0.717) is 11.4 Å². The summed E-state index contributed by atoms with van der Waals surface area (Å²) in [6.07, 6.45) is 0.270. The summed E-state index contributed by atoms with van der Waals surface area (Å²) in [4.78, 5) is 53.4.